The van der Waals surface area contributed by atoms with Crippen LogP contribution < -0.4 is 0 Å². The number of hydrogen-bond donors (Lipinski definition) is 0. The molecule has 0 saturated heterocycles. The summed E-state index contributed by atoms with van der Waals surface area (Å²) in [5.74, 6) is -0.839. The molecule has 0 amide bonds. The van der Waals surface area contributed by atoms with Crippen molar-refractivity contribution < 1.29 is 28.6 Å². The third-order valence-corrected chi connectivity index (χ3v) is 16.3. The first-order valence-corrected chi connectivity index (χ1v) is 35.2. The summed E-state index contributed by atoms with van der Waals surface area (Å²) in [6.45, 7) is 6.69. The Balaban J connectivity index is 4.03. The van der Waals surface area contributed by atoms with E-state index in [2.05, 4.69) is 32.9 Å². The third-order valence-electron chi connectivity index (χ3n) is 16.3. The molecule has 0 radical (unpaired) electrons. The number of carbonyl (C=O) groups excluding carboxylic acids is 3. The Morgan fingerprint density at radius 1 is 0.247 bits per heavy atom. The first kappa shape index (κ1) is 75.2. The van der Waals surface area contributed by atoms with E-state index in [4.69, 9.17) is 14.2 Å². The van der Waals surface area contributed by atoms with Gasteiger partial charge in [0.25, 0.3) is 0 Å². The number of hydrogen-bond acceptors (Lipinski definition) is 6. The Hall–Kier alpha value is -1.85. The average molecular weight is 1090 g/mol. The number of esters is 3. The maximum atomic E-state index is 12.9. The van der Waals surface area contributed by atoms with E-state index >= 15 is 0 Å². The van der Waals surface area contributed by atoms with E-state index < -0.39 is 6.10 Å². The fraction of sp³-hybridized carbons (Fsp3) is 0.930. The van der Waals surface area contributed by atoms with E-state index in [0.717, 1.165) is 57.8 Å². The molecule has 456 valence electrons. The fourth-order valence-electron chi connectivity index (χ4n) is 11.0. The minimum absolute atomic E-state index is 0.0645. The summed E-state index contributed by atoms with van der Waals surface area (Å²) in [7, 11) is 0. The largest absolute Gasteiger partial charge is 0.462 e. The highest BCUT2D eigenvalue weighted by Crippen LogP contribution is 2.19. The third kappa shape index (κ3) is 64.9. The zero-order valence-electron chi connectivity index (χ0n) is 52.5. The van der Waals surface area contributed by atoms with Crippen molar-refractivity contribution in [3.05, 3.63) is 12.2 Å². The van der Waals surface area contributed by atoms with Gasteiger partial charge in [-0.25, -0.2) is 0 Å². The Morgan fingerprint density at radius 3 is 0.649 bits per heavy atom. The molecule has 0 aliphatic rings. The summed E-state index contributed by atoms with van der Waals surface area (Å²) in [5.41, 5.74) is 0. The molecule has 1 atom stereocenters. The average Bonchev–Trinajstić information content (AvgIpc) is 3.43. The van der Waals surface area contributed by atoms with Crippen LogP contribution in [0.25, 0.3) is 0 Å². The number of carbonyl (C=O) groups is 3. The summed E-state index contributed by atoms with van der Waals surface area (Å²) in [4.78, 5) is 38.2. The molecule has 0 spiro atoms. The number of unbranched alkanes of at least 4 members (excludes halogenated alkanes) is 53. The van der Waals surface area contributed by atoms with Crippen LogP contribution in [0.5, 0.6) is 0 Å². The Morgan fingerprint density at radius 2 is 0.429 bits per heavy atom. The van der Waals surface area contributed by atoms with Crippen LogP contribution in [-0.4, -0.2) is 37.2 Å². The Kier molecular flexibility index (Phi) is 65.1. The highest BCUT2D eigenvalue weighted by Gasteiger charge is 2.19. The second kappa shape index (κ2) is 66.7. The lowest BCUT2D eigenvalue weighted by Gasteiger charge is -2.18. The van der Waals surface area contributed by atoms with Crippen molar-refractivity contribution in [3.8, 4) is 0 Å². The first-order valence-electron chi connectivity index (χ1n) is 35.2. The van der Waals surface area contributed by atoms with Gasteiger partial charge in [0.15, 0.2) is 6.10 Å². The number of rotatable bonds is 66. The van der Waals surface area contributed by atoms with Crippen molar-refractivity contribution in [2.75, 3.05) is 13.2 Å². The summed E-state index contributed by atoms with van der Waals surface area (Å²) in [6, 6.07) is 0. The lowest BCUT2D eigenvalue weighted by Crippen LogP contribution is -2.30. The van der Waals surface area contributed by atoms with Gasteiger partial charge in [-0.2, -0.15) is 0 Å². The second-order valence-corrected chi connectivity index (χ2v) is 24.2. The van der Waals surface area contributed by atoms with Crippen molar-refractivity contribution >= 4 is 17.9 Å². The summed E-state index contributed by atoms with van der Waals surface area (Å²) in [5, 5.41) is 0. The first-order chi connectivity index (χ1) is 38.0. The molecule has 1 unspecified atom stereocenters. The Labute approximate surface area is 481 Å². The maximum Gasteiger partial charge on any atom is 0.306 e. The normalized spacial score (nSPS) is 12.0. The van der Waals surface area contributed by atoms with E-state index in [0.29, 0.717) is 19.3 Å². The van der Waals surface area contributed by atoms with Gasteiger partial charge in [-0.1, -0.05) is 354 Å². The molecule has 0 aliphatic carbocycles. The van der Waals surface area contributed by atoms with Crippen LogP contribution in [0.4, 0.5) is 0 Å². The summed E-state index contributed by atoms with van der Waals surface area (Å²) in [6.07, 6.45) is 79.8. The smallest absolute Gasteiger partial charge is 0.306 e. The van der Waals surface area contributed by atoms with Gasteiger partial charge in [-0.3, -0.25) is 14.4 Å². The van der Waals surface area contributed by atoms with Crippen LogP contribution in [-0.2, 0) is 28.6 Å². The van der Waals surface area contributed by atoms with Crippen LogP contribution in [0.15, 0.2) is 12.2 Å². The van der Waals surface area contributed by atoms with Gasteiger partial charge >= 0.3 is 17.9 Å². The molecule has 0 bridgehead atoms. The predicted molar refractivity (Wildman–Crippen MR) is 335 cm³/mol. The van der Waals surface area contributed by atoms with Crippen molar-refractivity contribution in [2.24, 2.45) is 0 Å². The highest BCUT2D eigenvalue weighted by molar-refractivity contribution is 5.71. The molecule has 0 aromatic carbocycles. The predicted octanol–water partition coefficient (Wildman–Crippen LogP) is 24.0. The summed E-state index contributed by atoms with van der Waals surface area (Å²) < 4.78 is 16.9. The quantitative estimate of drug-likeness (QED) is 0.0261. The standard InChI is InChI=1S/C71H136O6/c1-4-7-10-13-16-19-21-23-25-27-29-30-31-32-33-34-35-36-37-38-39-40-42-43-45-47-49-52-55-58-61-64-70(73)76-67-68(66-75-69(72)63-60-57-54-51-18-15-12-9-6-3)77-71(74)65-62-59-56-53-50-48-46-44-41-28-26-24-22-20-17-14-11-8-5-2/h24,26,68H,4-23,25,27-67H2,1-3H3/b26-24-. The Bertz CT molecular complexity index is 1200. The molecule has 0 aromatic rings. The molecule has 6 nitrogen and oxygen atoms in total. The maximum absolute atomic E-state index is 12.9. The molecule has 0 aromatic heterocycles. The van der Waals surface area contributed by atoms with E-state index in [9.17, 15) is 14.4 Å². The monoisotopic (exact) mass is 1090 g/mol. The lowest BCUT2D eigenvalue weighted by molar-refractivity contribution is -0.167. The molecule has 77 heavy (non-hydrogen) atoms. The minimum atomic E-state index is -0.766. The van der Waals surface area contributed by atoms with Gasteiger partial charge in [0.2, 0.25) is 0 Å². The van der Waals surface area contributed by atoms with E-state index in [1.165, 1.54) is 308 Å². The van der Waals surface area contributed by atoms with E-state index in [1.54, 1.807) is 0 Å². The zero-order chi connectivity index (χ0) is 55.7. The molecule has 0 saturated carbocycles. The molecule has 6 heteroatoms. The zero-order valence-corrected chi connectivity index (χ0v) is 52.5. The van der Waals surface area contributed by atoms with Crippen molar-refractivity contribution in [1.29, 1.82) is 0 Å². The molecule has 0 aliphatic heterocycles. The van der Waals surface area contributed by atoms with E-state index in [1.807, 2.05) is 0 Å². The molecular weight excluding hydrogens is 949 g/mol. The van der Waals surface area contributed by atoms with Gasteiger partial charge in [-0.15, -0.1) is 0 Å². The van der Waals surface area contributed by atoms with Crippen LogP contribution in [0.3, 0.4) is 0 Å². The summed E-state index contributed by atoms with van der Waals surface area (Å²) >= 11 is 0. The fourth-order valence-corrected chi connectivity index (χ4v) is 11.0. The van der Waals surface area contributed by atoms with Crippen LogP contribution in [0.2, 0.25) is 0 Å². The van der Waals surface area contributed by atoms with Crippen molar-refractivity contribution in [3.63, 3.8) is 0 Å². The van der Waals surface area contributed by atoms with Gasteiger partial charge < -0.3 is 14.2 Å². The van der Waals surface area contributed by atoms with Crippen LogP contribution >= 0.6 is 0 Å². The SMILES string of the molecule is CCCCCCCC/C=C\CCCCCCCCCCCC(=O)OC(COC(=O)CCCCCCCCCCC)COC(=O)CCCCCCCCCCCCCCCCCCCCCCCCCCCCCCCCC. The van der Waals surface area contributed by atoms with Crippen LogP contribution in [0.1, 0.15) is 406 Å². The topological polar surface area (TPSA) is 78.9 Å². The second-order valence-electron chi connectivity index (χ2n) is 24.2. The minimum Gasteiger partial charge on any atom is -0.462 e. The number of allylic oxidation sites excluding steroid dienone is 2. The number of ether oxygens (including phenoxy) is 3. The van der Waals surface area contributed by atoms with Gasteiger partial charge in [0.05, 0.1) is 0 Å². The van der Waals surface area contributed by atoms with Gasteiger partial charge in [0, 0.05) is 19.3 Å². The molecule has 0 N–H and O–H groups in total. The molecule has 0 fully saturated rings. The van der Waals surface area contributed by atoms with E-state index in [-0.39, 0.29) is 31.1 Å². The lowest BCUT2D eigenvalue weighted by atomic mass is 10.0. The van der Waals surface area contributed by atoms with Crippen LogP contribution in [0, 0.1) is 0 Å². The molecule has 0 rings (SSSR count). The van der Waals surface area contributed by atoms with Gasteiger partial charge in [-0.05, 0) is 44.9 Å². The molecule has 0 heterocycles. The van der Waals surface area contributed by atoms with Crippen molar-refractivity contribution in [1.82, 2.24) is 0 Å². The highest BCUT2D eigenvalue weighted by atomic mass is 16.6. The van der Waals surface area contributed by atoms with Gasteiger partial charge in [0.1, 0.15) is 13.2 Å². The van der Waals surface area contributed by atoms with Crippen molar-refractivity contribution in [2.45, 2.75) is 412 Å². The molecular formula is C71H136O6.